The van der Waals surface area contributed by atoms with E-state index in [1.807, 2.05) is 38.1 Å². The fraction of sp³-hybridized carbons (Fsp3) is 0.222. The molecule has 3 heteroatoms. The third-order valence-electron chi connectivity index (χ3n) is 3.58. The molecule has 2 nitrogen and oxygen atoms in total. The monoisotopic (exact) mass is 295 g/mol. The number of nitrogens with zero attached hydrogens (tertiary/aromatic N) is 1. The normalized spacial score (nSPS) is 11.2. The van der Waals surface area contributed by atoms with E-state index in [1.165, 1.54) is 0 Å². The molecule has 0 atom stereocenters. The van der Waals surface area contributed by atoms with Crippen molar-refractivity contribution in [2.24, 2.45) is 5.92 Å². The number of carbonyl (C=O) groups is 1. The van der Waals surface area contributed by atoms with E-state index in [2.05, 4.69) is 24.0 Å². The van der Waals surface area contributed by atoms with Gasteiger partial charge in [-0.05, 0) is 30.7 Å². The smallest absolute Gasteiger partial charge is 0.175 e. The lowest BCUT2D eigenvalue weighted by atomic mass is 10.0. The average molecular weight is 295 g/mol. The molecule has 0 spiro atoms. The number of hydrogen-bond donors (Lipinski definition) is 0. The van der Waals surface area contributed by atoms with Crippen LogP contribution in [-0.4, -0.2) is 10.8 Å². The van der Waals surface area contributed by atoms with Gasteiger partial charge >= 0.3 is 0 Å². The van der Waals surface area contributed by atoms with Crippen molar-refractivity contribution in [2.45, 2.75) is 20.8 Å². The van der Waals surface area contributed by atoms with Crippen LogP contribution in [0, 0.1) is 12.8 Å². The van der Waals surface area contributed by atoms with Gasteiger partial charge in [0.1, 0.15) is 0 Å². The summed E-state index contributed by atoms with van der Waals surface area (Å²) in [6.45, 7) is 5.95. The molecule has 3 aromatic rings. The molecular formula is C18H17NOS. The summed E-state index contributed by atoms with van der Waals surface area (Å²) in [5.74, 6) is 0.248. The van der Waals surface area contributed by atoms with Crippen molar-refractivity contribution in [3.63, 3.8) is 0 Å². The lowest BCUT2D eigenvalue weighted by Gasteiger charge is -2.05. The van der Waals surface area contributed by atoms with Crippen LogP contribution < -0.4 is 0 Å². The van der Waals surface area contributed by atoms with Gasteiger partial charge in [-0.3, -0.25) is 9.78 Å². The molecule has 1 aromatic carbocycles. The Morgan fingerprint density at radius 2 is 2.00 bits per heavy atom. The topological polar surface area (TPSA) is 30.0 Å². The van der Waals surface area contributed by atoms with Crippen molar-refractivity contribution in [1.82, 2.24) is 4.98 Å². The third kappa shape index (κ3) is 2.49. The molecule has 3 rings (SSSR count). The lowest BCUT2D eigenvalue weighted by Crippen LogP contribution is -2.04. The van der Waals surface area contributed by atoms with Crippen LogP contribution >= 0.6 is 11.3 Å². The number of thiophene rings is 1. The fourth-order valence-electron chi connectivity index (χ4n) is 2.46. The minimum Gasteiger partial charge on any atom is -0.293 e. The van der Waals surface area contributed by atoms with Crippen LogP contribution in [0.4, 0.5) is 0 Å². The molecule has 0 unspecified atom stereocenters. The highest BCUT2D eigenvalue weighted by atomic mass is 32.1. The molecule has 0 saturated heterocycles. The van der Waals surface area contributed by atoms with Crippen molar-refractivity contribution in [2.75, 3.05) is 0 Å². The number of carbonyl (C=O) groups excluding carboxylic acids is 1. The summed E-state index contributed by atoms with van der Waals surface area (Å²) in [6.07, 6.45) is 1.81. The highest BCUT2D eigenvalue weighted by Crippen LogP contribution is 2.37. The Hall–Kier alpha value is -2.00. The zero-order valence-electron chi connectivity index (χ0n) is 12.4. The van der Waals surface area contributed by atoms with E-state index in [1.54, 1.807) is 17.5 Å². The minimum absolute atomic E-state index is 0.0325. The maximum absolute atomic E-state index is 12.2. The SMILES string of the molecule is Cc1cc(C(=O)C(C)C)sc1-c1cccc2ncccc12. The Kier molecular flexibility index (Phi) is 3.60. The van der Waals surface area contributed by atoms with E-state index in [0.717, 1.165) is 31.8 Å². The first-order valence-corrected chi connectivity index (χ1v) is 7.88. The summed E-state index contributed by atoms with van der Waals surface area (Å²) < 4.78 is 0. The number of benzene rings is 1. The number of Topliss-reactive ketones (excluding diaryl/α,β-unsaturated/α-hetero) is 1. The number of hydrogen-bond acceptors (Lipinski definition) is 3. The van der Waals surface area contributed by atoms with E-state index in [0.29, 0.717) is 0 Å². The van der Waals surface area contributed by atoms with Crippen LogP contribution in [0.1, 0.15) is 29.1 Å². The van der Waals surface area contributed by atoms with Gasteiger partial charge in [-0.15, -0.1) is 11.3 Å². The fourth-order valence-corrected chi connectivity index (χ4v) is 3.76. The number of aryl methyl sites for hydroxylation is 1. The van der Waals surface area contributed by atoms with Crippen molar-refractivity contribution in [3.05, 3.63) is 53.0 Å². The highest BCUT2D eigenvalue weighted by molar-refractivity contribution is 7.17. The van der Waals surface area contributed by atoms with Crippen LogP contribution in [0.2, 0.25) is 0 Å². The van der Waals surface area contributed by atoms with Crippen LogP contribution in [0.3, 0.4) is 0 Å². The second kappa shape index (κ2) is 5.41. The van der Waals surface area contributed by atoms with E-state index in [9.17, 15) is 4.79 Å². The molecule has 0 aliphatic heterocycles. The summed E-state index contributed by atoms with van der Waals surface area (Å²) in [4.78, 5) is 18.6. The molecule has 2 aromatic heterocycles. The van der Waals surface area contributed by atoms with Gasteiger partial charge in [0.25, 0.3) is 0 Å². The van der Waals surface area contributed by atoms with E-state index in [4.69, 9.17) is 0 Å². The summed E-state index contributed by atoms with van der Waals surface area (Å²) >= 11 is 1.59. The van der Waals surface area contributed by atoms with Crippen molar-refractivity contribution >= 4 is 28.0 Å². The van der Waals surface area contributed by atoms with Crippen LogP contribution in [0.15, 0.2) is 42.6 Å². The average Bonchev–Trinajstić information content (AvgIpc) is 2.87. The van der Waals surface area contributed by atoms with Gasteiger partial charge in [0, 0.05) is 27.9 Å². The van der Waals surface area contributed by atoms with Gasteiger partial charge in [0.05, 0.1) is 10.4 Å². The molecule has 0 radical (unpaired) electrons. The number of ketones is 1. The number of rotatable bonds is 3. The highest BCUT2D eigenvalue weighted by Gasteiger charge is 2.17. The summed E-state index contributed by atoms with van der Waals surface area (Å²) in [5.41, 5.74) is 3.30. The van der Waals surface area contributed by atoms with E-state index in [-0.39, 0.29) is 11.7 Å². The Morgan fingerprint density at radius 3 is 2.76 bits per heavy atom. The van der Waals surface area contributed by atoms with Gasteiger partial charge < -0.3 is 0 Å². The van der Waals surface area contributed by atoms with Crippen molar-refractivity contribution < 1.29 is 4.79 Å². The Labute approximate surface area is 128 Å². The predicted octanol–water partition coefficient (Wildman–Crippen LogP) is 5.11. The predicted molar refractivity (Wildman–Crippen MR) is 89.0 cm³/mol. The van der Waals surface area contributed by atoms with Crippen LogP contribution in [-0.2, 0) is 0 Å². The molecule has 0 N–H and O–H groups in total. The van der Waals surface area contributed by atoms with E-state index < -0.39 is 0 Å². The standard InChI is InChI=1S/C18H17NOS/c1-11(2)17(20)16-10-12(3)18(21-16)14-6-4-8-15-13(14)7-5-9-19-15/h4-11H,1-3H3. The molecule has 21 heavy (non-hydrogen) atoms. The maximum Gasteiger partial charge on any atom is 0.175 e. The first kappa shape index (κ1) is 14.0. The Morgan fingerprint density at radius 1 is 1.19 bits per heavy atom. The lowest BCUT2D eigenvalue weighted by molar-refractivity contribution is 0.0943. The quantitative estimate of drug-likeness (QED) is 0.628. The molecule has 0 bridgehead atoms. The number of fused-ring (bicyclic) bond motifs is 1. The molecule has 2 heterocycles. The molecule has 0 aliphatic carbocycles. The first-order valence-electron chi connectivity index (χ1n) is 7.06. The van der Waals surface area contributed by atoms with Crippen LogP contribution in [0.5, 0.6) is 0 Å². The van der Waals surface area contributed by atoms with Gasteiger partial charge in [-0.1, -0.05) is 32.0 Å². The molecule has 0 fully saturated rings. The molecule has 106 valence electrons. The van der Waals surface area contributed by atoms with Gasteiger partial charge in [-0.25, -0.2) is 0 Å². The summed E-state index contributed by atoms with van der Waals surface area (Å²) in [6, 6.07) is 12.2. The van der Waals surface area contributed by atoms with Crippen molar-refractivity contribution in [3.8, 4) is 10.4 Å². The largest absolute Gasteiger partial charge is 0.293 e. The second-order valence-electron chi connectivity index (χ2n) is 5.52. The van der Waals surface area contributed by atoms with Gasteiger partial charge in [0.2, 0.25) is 0 Å². The maximum atomic E-state index is 12.2. The van der Waals surface area contributed by atoms with Crippen LogP contribution in [0.25, 0.3) is 21.3 Å². The van der Waals surface area contributed by atoms with Gasteiger partial charge in [-0.2, -0.15) is 0 Å². The molecule has 0 saturated carbocycles. The minimum atomic E-state index is 0.0325. The Bertz CT molecular complexity index is 812. The number of pyridine rings is 1. The van der Waals surface area contributed by atoms with E-state index >= 15 is 0 Å². The zero-order chi connectivity index (χ0) is 15.0. The Balaban J connectivity index is 2.18. The molecule has 0 amide bonds. The summed E-state index contributed by atoms with van der Waals surface area (Å²) in [7, 11) is 0. The first-order chi connectivity index (χ1) is 10.1. The van der Waals surface area contributed by atoms with Crippen molar-refractivity contribution in [1.29, 1.82) is 0 Å². The third-order valence-corrected chi connectivity index (χ3v) is 4.86. The molecule has 0 aliphatic rings. The second-order valence-corrected chi connectivity index (χ2v) is 6.57. The summed E-state index contributed by atoms with van der Waals surface area (Å²) in [5, 5.41) is 1.13. The number of aromatic nitrogens is 1. The van der Waals surface area contributed by atoms with Gasteiger partial charge in [0.15, 0.2) is 5.78 Å². The molecular weight excluding hydrogens is 278 g/mol. The zero-order valence-corrected chi connectivity index (χ0v) is 13.2.